The zero-order chi connectivity index (χ0) is 34.5. The molecule has 49 heavy (non-hydrogen) atoms. The van der Waals surface area contributed by atoms with E-state index in [9.17, 15) is 0 Å². The van der Waals surface area contributed by atoms with E-state index in [1.165, 1.54) is 4.57 Å². The summed E-state index contributed by atoms with van der Waals surface area (Å²) < 4.78 is 29.9. The Balaban J connectivity index is 0.00000387. The SMILES string of the molecule is [2H]C([2H])([2H])n1[cH+]n(-c2[c-]c(N(c3[c-]c4c(cc3)c3ccccc3n4-c3cc(-c4ccccc4)ccn3)c3ccccc3)ccc2)c2ccccc21.[Pt]. The second-order valence-electron chi connectivity index (χ2n) is 11.7. The van der Waals surface area contributed by atoms with E-state index in [4.69, 9.17) is 9.10 Å². The first-order chi connectivity index (χ1) is 24.9. The number of para-hydroxylation sites is 4. The topological polar surface area (TPSA) is 30.9 Å². The monoisotopic (exact) mass is 814 g/mol. The molecule has 0 bridgehead atoms. The third-order valence-electron chi connectivity index (χ3n) is 8.80. The van der Waals surface area contributed by atoms with Gasteiger partial charge in [0.15, 0.2) is 17.4 Å². The van der Waals surface area contributed by atoms with Gasteiger partial charge in [0.25, 0.3) is 0 Å². The van der Waals surface area contributed by atoms with Gasteiger partial charge in [0.1, 0.15) is 5.82 Å². The molecule has 6 heteroatoms. The van der Waals surface area contributed by atoms with Crippen LogP contribution in [0.1, 0.15) is 4.11 Å². The van der Waals surface area contributed by atoms with E-state index in [1.54, 1.807) is 6.33 Å². The Morgan fingerprint density at radius 2 is 1.35 bits per heavy atom. The van der Waals surface area contributed by atoms with Crippen molar-refractivity contribution in [2.75, 3.05) is 4.90 Å². The van der Waals surface area contributed by atoms with Crippen LogP contribution in [0.5, 0.6) is 0 Å². The number of benzene rings is 6. The summed E-state index contributed by atoms with van der Waals surface area (Å²) in [7, 11) is 0. The second kappa shape index (κ2) is 12.7. The summed E-state index contributed by atoms with van der Waals surface area (Å²) in [5, 5.41) is 2.18. The van der Waals surface area contributed by atoms with Crippen molar-refractivity contribution in [2.45, 2.75) is 0 Å². The van der Waals surface area contributed by atoms with Crippen LogP contribution in [0.15, 0.2) is 164 Å². The van der Waals surface area contributed by atoms with Crippen molar-refractivity contribution in [1.29, 1.82) is 0 Å². The number of pyridine rings is 1. The van der Waals surface area contributed by atoms with Gasteiger partial charge in [0, 0.05) is 67.4 Å². The first-order valence-corrected chi connectivity index (χ1v) is 15.8. The van der Waals surface area contributed by atoms with Gasteiger partial charge >= 0.3 is 0 Å². The van der Waals surface area contributed by atoms with Crippen LogP contribution in [0.2, 0.25) is 0 Å². The molecular weight excluding hydrogens is 782 g/mol. The van der Waals surface area contributed by atoms with Crippen LogP contribution in [0.3, 0.4) is 0 Å². The van der Waals surface area contributed by atoms with E-state index in [-0.39, 0.29) is 21.1 Å². The molecular formula is C43H30N5Pt-. The fraction of sp³-hybridized carbons (Fsp3) is 0.0233. The molecule has 0 amide bonds. The minimum absolute atomic E-state index is 0. The fourth-order valence-corrected chi connectivity index (χ4v) is 6.61. The normalized spacial score (nSPS) is 12.4. The van der Waals surface area contributed by atoms with E-state index in [0.29, 0.717) is 11.2 Å². The average molecular weight is 815 g/mol. The van der Waals surface area contributed by atoms with E-state index in [2.05, 4.69) is 88.3 Å². The standard InChI is InChI=1S/C43H30N5.Pt/c1-45-30-46(41-22-11-10-21-40(41)45)34-17-12-18-35(28-34)47(33-15-6-3-7-16-33)36-23-24-38-37-19-8-9-20-39(37)48(42(38)29-36)43-27-32(25-26-44-43)31-13-4-2-5-14-31;/h2-27,30H,1H3;/q-1;/i1D3;. The molecule has 238 valence electrons. The number of aryl methyl sites for hydroxylation is 1. The number of aromatic nitrogens is 4. The largest absolute Gasteiger partial charge is 0.358 e. The summed E-state index contributed by atoms with van der Waals surface area (Å²) in [5.41, 5.74) is 8.78. The molecule has 5 nitrogen and oxygen atoms in total. The smallest absolute Gasteiger partial charge is 0.188 e. The third-order valence-corrected chi connectivity index (χ3v) is 8.80. The summed E-state index contributed by atoms with van der Waals surface area (Å²) in [6.07, 6.45) is 3.49. The maximum absolute atomic E-state index is 8.16. The summed E-state index contributed by atoms with van der Waals surface area (Å²) in [6.45, 7) is -2.34. The third kappa shape index (κ3) is 5.33. The molecule has 0 fully saturated rings. The number of nitrogens with zero attached hydrogens (tertiary/aromatic N) is 5. The van der Waals surface area contributed by atoms with Crippen LogP contribution < -0.4 is 4.90 Å². The number of hydrogen-bond donors (Lipinski definition) is 0. The van der Waals surface area contributed by atoms with Gasteiger partial charge in [-0.05, 0) is 59.0 Å². The molecule has 0 aliphatic carbocycles. The Kier molecular flexibility index (Phi) is 7.04. The van der Waals surface area contributed by atoms with Crippen molar-refractivity contribution in [2.24, 2.45) is 6.98 Å². The van der Waals surface area contributed by atoms with Crippen LogP contribution in [0, 0.1) is 12.1 Å². The number of rotatable bonds is 6. The number of anilines is 3. The minimum atomic E-state index is -2.34. The van der Waals surface area contributed by atoms with Gasteiger partial charge in [-0.1, -0.05) is 89.7 Å². The van der Waals surface area contributed by atoms with Crippen molar-refractivity contribution in [3.05, 3.63) is 176 Å². The summed E-state index contributed by atoms with van der Waals surface area (Å²) in [4.78, 5) is 6.99. The predicted molar refractivity (Wildman–Crippen MR) is 197 cm³/mol. The van der Waals surface area contributed by atoms with Crippen LogP contribution in [-0.4, -0.2) is 18.7 Å². The molecule has 0 unspecified atom stereocenters. The van der Waals surface area contributed by atoms with Crippen molar-refractivity contribution in [3.8, 4) is 22.6 Å². The van der Waals surface area contributed by atoms with Gasteiger partial charge in [-0.15, -0.1) is 29.7 Å². The molecule has 0 radical (unpaired) electrons. The van der Waals surface area contributed by atoms with Gasteiger partial charge < -0.3 is 9.47 Å². The molecule has 3 heterocycles. The molecule has 0 saturated carbocycles. The van der Waals surface area contributed by atoms with E-state index >= 15 is 0 Å². The molecule has 9 rings (SSSR count). The van der Waals surface area contributed by atoms with Gasteiger partial charge in [-0.3, -0.25) is 0 Å². The molecule has 0 N–H and O–H groups in total. The average Bonchev–Trinajstić information content (AvgIpc) is 3.73. The molecule has 0 aliphatic heterocycles. The number of fused-ring (bicyclic) bond motifs is 4. The van der Waals surface area contributed by atoms with Crippen LogP contribution in [-0.2, 0) is 28.0 Å². The minimum Gasteiger partial charge on any atom is -0.358 e. The zero-order valence-corrected chi connectivity index (χ0v) is 28.4. The molecule has 0 aliphatic rings. The van der Waals surface area contributed by atoms with Gasteiger partial charge in [0.2, 0.25) is 0 Å². The summed E-state index contributed by atoms with van der Waals surface area (Å²) in [5.74, 6) is 0.804. The maximum Gasteiger partial charge on any atom is 0.188 e. The van der Waals surface area contributed by atoms with Gasteiger partial charge in [-0.2, -0.15) is 12.1 Å². The molecule has 0 atom stereocenters. The molecule has 9 aromatic rings. The first-order valence-electron chi connectivity index (χ1n) is 17.3. The van der Waals surface area contributed by atoms with Crippen molar-refractivity contribution >= 4 is 49.9 Å². The van der Waals surface area contributed by atoms with Crippen molar-refractivity contribution < 1.29 is 25.2 Å². The van der Waals surface area contributed by atoms with Gasteiger partial charge in [-0.25, -0.2) is 14.1 Å². The molecule has 3 aromatic heterocycles. The Hall–Kier alpha value is -5.77. The van der Waals surface area contributed by atoms with Crippen molar-refractivity contribution in [1.82, 2.24) is 18.7 Å². The first kappa shape index (κ1) is 27.2. The zero-order valence-electron chi connectivity index (χ0n) is 29.1. The Morgan fingerprint density at radius 1 is 0.633 bits per heavy atom. The summed E-state index contributed by atoms with van der Waals surface area (Å²) in [6, 6.07) is 58.1. The van der Waals surface area contributed by atoms with Crippen molar-refractivity contribution in [3.63, 3.8) is 0 Å². The molecule has 6 aromatic carbocycles. The van der Waals surface area contributed by atoms with E-state index < -0.39 is 6.98 Å². The predicted octanol–water partition coefficient (Wildman–Crippen LogP) is 10.5. The Bertz CT molecular complexity index is 2700. The van der Waals surface area contributed by atoms with Crippen LogP contribution in [0.25, 0.3) is 55.5 Å². The van der Waals surface area contributed by atoms with Gasteiger partial charge in [0.05, 0.1) is 0 Å². The maximum atomic E-state index is 8.16. The van der Waals surface area contributed by atoms with E-state index in [0.717, 1.165) is 61.3 Å². The summed E-state index contributed by atoms with van der Waals surface area (Å²) >= 11 is 0. The Morgan fingerprint density at radius 3 is 2.16 bits per heavy atom. The molecule has 0 saturated heterocycles. The van der Waals surface area contributed by atoms with Crippen LogP contribution >= 0.6 is 0 Å². The number of imidazole rings is 1. The fourth-order valence-electron chi connectivity index (χ4n) is 6.61. The van der Waals surface area contributed by atoms with E-state index in [1.807, 2.05) is 95.7 Å². The molecule has 0 spiro atoms. The van der Waals surface area contributed by atoms with Crippen LogP contribution in [0.4, 0.5) is 17.1 Å². The quantitative estimate of drug-likeness (QED) is 0.157. The number of hydrogen-bond acceptors (Lipinski definition) is 2. The Labute approximate surface area is 303 Å². The second-order valence-corrected chi connectivity index (χ2v) is 11.7.